The van der Waals surface area contributed by atoms with E-state index < -0.39 is 6.04 Å². The normalized spacial score (nSPS) is 19.1. The lowest BCUT2D eigenvalue weighted by Crippen LogP contribution is -2.55. The molecule has 1 amide bonds. The largest absolute Gasteiger partial charge is 0.493 e. The van der Waals surface area contributed by atoms with E-state index in [9.17, 15) is 9.18 Å². The predicted octanol–water partition coefficient (Wildman–Crippen LogP) is 3.87. The van der Waals surface area contributed by atoms with Gasteiger partial charge in [0, 0.05) is 49.7 Å². The summed E-state index contributed by atoms with van der Waals surface area (Å²) in [6, 6.07) is 8.56. The van der Waals surface area contributed by atoms with Crippen LogP contribution in [0, 0.1) is 11.7 Å². The van der Waals surface area contributed by atoms with Gasteiger partial charge in [0.25, 0.3) is 0 Å². The molecular formula is C26H36ClFN4O2S. The van der Waals surface area contributed by atoms with E-state index in [1.807, 2.05) is 24.0 Å². The summed E-state index contributed by atoms with van der Waals surface area (Å²) in [6.07, 6.45) is 2.91. The summed E-state index contributed by atoms with van der Waals surface area (Å²) in [6.45, 7) is 8.47. The van der Waals surface area contributed by atoms with E-state index in [1.54, 1.807) is 17.4 Å². The summed E-state index contributed by atoms with van der Waals surface area (Å²) in [7, 11) is 0. The Morgan fingerprint density at radius 3 is 2.54 bits per heavy atom. The van der Waals surface area contributed by atoms with Crippen LogP contribution in [0.2, 0.25) is 4.34 Å². The van der Waals surface area contributed by atoms with E-state index in [4.69, 9.17) is 22.1 Å². The topological polar surface area (TPSA) is 62.0 Å². The maximum Gasteiger partial charge on any atom is 0.239 e. The highest BCUT2D eigenvalue weighted by Gasteiger charge is 2.33. The lowest BCUT2D eigenvalue weighted by molar-refractivity contribution is -0.136. The van der Waals surface area contributed by atoms with Gasteiger partial charge in [-0.15, -0.1) is 11.3 Å². The van der Waals surface area contributed by atoms with Crippen molar-refractivity contribution in [3.63, 3.8) is 0 Å². The molecule has 0 saturated carbocycles. The van der Waals surface area contributed by atoms with Crippen LogP contribution in [0.25, 0.3) is 0 Å². The van der Waals surface area contributed by atoms with Gasteiger partial charge in [0.2, 0.25) is 5.91 Å². The lowest BCUT2D eigenvalue weighted by Gasteiger charge is -2.39. The van der Waals surface area contributed by atoms with Crippen LogP contribution in [0.4, 0.5) is 4.39 Å². The molecule has 0 unspecified atom stereocenters. The van der Waals surface area contributed by atoms with Crippen LogP contribution >= 0.6 is 22.9 Å². The minimum absolute atomic E-state index is 0.0530. The highest BCUT2D eigenvalue weighted by atomic mass is 35.5. The van der Waals surface area contributed by atoms with Crippen LogP contribution in [0.3, 0.4) is 0 Å². The number of benzene rings is 1. The highest BCUT2D eigenvalue weighted by molar-refractivity contribution is 7.16. The SMILES string of the molecule is CCOc1cccc(F)c1CN1CCN(C(=O)[C@H](N)C2CCN(CCc3ccc(Cl)s3)CC2)CC1. The van der Waals surface area contributed by atoms with E-state index in [0.29, 0.717) is 50.6 Å². The molecule has 35 heavy (non-hydrogen) atoms. The third kappa shape index (κ3) is 6.95. The number of hydrogen-bond acceptors (Lipinski definition) is 6. The second-order valence-corrected chi connectivity index (χ2v) is 11.2. The van der Waals surface area contributed by atoms with E-state index in [0.717, 1.165) is 43.2 Å². The Morgan fingerprint density at radius 2 is 1.89 bits per heavy atom. The molecule has 192 valence electrons. The molecule has 2 fully saturated rings. The average Bonchev–Trinajstić information content (AvgIpc) is 3.30. The van der Waals surface area contributed by atoms with Gasteiger partial charge in [-0.1, -0.05) is 17.7 Å². The zero-order valence-corrected chi connectivity index (χ0v) is 22.0. The van der Waals surface area contributed by atoms with Crippen LogP contribution in [0.15, 0.2) is 30.3 Å². The van der Waals surface area contributed by atoms with Crippen LogP contribution in [-0.4, -0.2) is 79.1 Å². The quantitative estimate of drug-likeness (QED) is 0.542. The number of ether oxygens (including phenoxy) is 1. The first-order valence-corrected chi connectivity index (χ1v) is 13.8. The van der Waals surface area contributed by atoms with Gasteiger partial charge in [-0.05, 0) is 69.5 Å². The van der Waals surface area contributed by atoms with Crippen LogP contribution in [0.5, 0.6) is 5.75 Å². The molecule has 3 heterocycles. The summed E-state index contributed by atoms with van der Waals surface area (Å²) in [5.74, 6) is 0.623. The molecule has 2 aromatic rings. The second-order valence-electron chi connectivity index (χ2n) is 9.41. The monoisotopic (exact) mass is 522 g/mol. The number of hydrogen-bond donors (Lipinski definition) is 1. The first kappa shape index (κ1) is 26.4. The molecule has 1 aromatic carbocycles. The van der Waals surface area contributed by atoms with Crippen molar-refractivity contribution in [3.05, 3.63) is 50.9 Å². The van der Waals surface area contributed by atoms with Crippen molar-refractivity contribution in [2.45, 2.75) is 38.8 Å². The molecule has 0 aliphatic carbocycles. The second kappa shape index (κ2) is 12.5. The van der Waals surface area contributed by atoms with Gasteiger partial charge in [-0.3, -0.25) is 9.69 Å². The van der Waals surface area contributed by atoms with E-state index in [1.165, 1.54) is 10.9 Å². The Balaban J connectivity index is 1.21. The summed E-state index contributed by atoms with van der Waals surface area (Å²) in [4.78, 5) is 21.0. The summed E-state index contributed by atoms with van der Waals surface area (Å²) < 4.78 is 20.9. The van der Waals surface area contributed by atoms with Gasteiger partial charge in [-0.2, -0.15) is 0 Å². The Hall–Kier alpha value is -1.71. The molecule has 0 radical (unpaired) electrons. The number of nitrogens with two attached hydrogens (primary N) is 1. The van der Waals surface area contributed by atoms with Crippen molar-refractivity contribution in [1.82, 2.24) is 14.7 Å². The van der Waals surface area contributed by atoms with Gasteiger partial charge in [-0.25, -0.2) is 4.39 Å². The van der Waals surface area contributed by atoms with Gasteiger partial charge in [0.1, 0.15) is 11.6 Å². The van der Waals surface area contributed by atoms with Crippen molar-refractivity contribution in [2.75, 3.05) is 52.4 Å². The minimum Gasteiger partial charge on any atom is -0.493 e. The molecule has 1 atom stereocenters. The minimum atomic E-state index is -0.448. The van der Waals surface area contributed by atoms with Crippen LogP contribution < -0.4 is 10.5 Å². The van der Waals surface area contributed by atoms with Gasteiger partial charge >= 0.3 is 0 Å². The van der Waals surface area contributed by atoms with E-state index in [2.05, 4.69) is 15.9 Å². The number of piperidine rings is 1. The molecule has 0 spiro atoms. The average molecular weight is 523 g/mol. The van der Waals surface area contributed by atoms with E-state index in [-0.39, 0.29) is 17.6 Å². The molecule has 0 bridgehead atoms. The predicted molar refractivity (Wildman–Crippen MR) is 140 cm³/mol. The summed E-state index contributed by atoms with van der Waals surface area (Å²) in [5.41, 5.74) is 7.05. The lowest BCUT2D eigenvalue weighted by atomic mass is 9.89. The van der Waals surface area contributed by atoms with Crippen LogP contribution in [0.1, 0.15) is 30.2 Å². The third-order valence-corrected chi connectivity index (χ3v) is 8.46. The number of nitrogens with zero attached hydrogens (tertiary/aromatic N) is 3. The van der Waals surface area contributed by atoms with Crippen molar-refractivity contribution in [1.29, 1.82) is 0 Å². The number of amides is 1. The number of likely N-dealkylation sites (tertiary alicyclic amines) is 1. The standard InChI is InChI=1S/C26H36ClFN4O2S/c1-2-34-23-5-3-4-22(28)21(23)18-31-14-16-32(17-15-31)26(33)25(29)19-8-11-30(12-9-19)13-10-20-6-7-24(27)35-20/h3-7,19,25H,2,8-18,29H2,1H3/t25-/m1/s1. The van der Waals surface area contributed by atoms with E-state index >= 15 is 0 Å². The maximum atomic E-state index is 14.4. The number of piperazine rings is 1. The fourth-order valence-electron chi connectivity index (χ4n) is 5.04. The number of halogens is 2. The molecule has 6 nitrogen and oxygen atoms in total. The maximum absolute atomic E-state index is 14.4. The van der Waals surface area contributed by atoms with Crippen molar-refractivity contribution in [2.24, 2.45) is 11.7 Å². The Bertz CT molecular complexity index is 974. The fourth-order valence-corrected chi connectivity index (χ4v) is 6.11. The first-order valence-electron chi connectivity index (χ1n) is 12.6. The van der Waals surface area contributed by atoms with Gasteiger partial charge in [0.05, 0.1) is 17.0 Å². The number of carbonyl (C=O) groups excluding carboxylic acids is 1. The number of thiophene rings is 1. The molecule has 4 rings (SSSR count). The van der Waals surface area contributed by atoms with Crippen molar-refractivity contribution >= 4 is 28.8 Å². The highest BCUT2D eigenvalue weighted by Crippen LogP contribution is 2.26. The Labute approximate surface area is 216 Å². The van der Waals surface area contributed by atoms with Gasteiger partial charge in [0.15, 0.2) is 0 Å². The molecular weight excluding hydrogens is 487 g/mol. The van der Waals surface area contributed by atoms with Crippen LogP contribution in [-0.2, 0) is 17.8 Å². The Morgan fingerprint density at radius 1 is 1.14 bits per heavy atom. The number of rotatable bonds is 9. The number of carbonyl (C=O) groups is 1. The first-order chi connectivity index (χ1) is 16.9. The third-order valence-electron chi connectivity index (χ3n) is 7.17. The molecule has 2 aliphatic heterocycles. The molecule has 9 heteroatoms. The fraction of sp³-hybridized carbons (Fsp3) is 0.577. The zero-order valence-electron chi connectivity index (χ0n) is 20.4. The van der Waals surface area contributed by atoms with Gasteiger partial charge < -0.3 is 20.3 Å². The summed E-state index contributed by atoms with van der Waals surface area (Å²) in [5, 5.41) is 0. The molecule has 2 N–H and O–H groups in total. The summed E-state index contributed by atoms with van der Waals surface area (Å²) >= 11 is 7.68. The molecule has 1 aromatic heterocycles. The van der Waals surface area contributed by atoms with Crippen molar-refractivity contribution in [3.8, 4) is 5.75 Å². The Kier molecular flexibility index (Phi) is 9.41. The molecule has 2 saturated heterocycles. The zero-order chi connectivity index (χ0) is 24.8. The molecule has 2 aliphatic rings. The van der Waals surface area contributed by atoms with Crippen molar-refractivity contribution < 1.29 is 13.9 Å². The smallest absolute Gasteiger partial charge is 0.239 e.